The average molecular weight is 368 g/mol. The van der Waals surface area contributed by atoms with E-state index < -0.39 is 11.9 Å². The van der Waals surface area contributed by atoms with Crippen molar-refractivity contribution in [3.63, 3.8) is 0 Å². The molecule has 1 aromatic rings. The predicted molar refractivity (Wildman–Crippen MR) is 95.1 cm³/mol. The van der Waals surface area contributed by atoms with E-state index in [1.807, 2.05) is 25.8 Å². The minimum atomic E-state index is -0.614. The molecule has 0 amide bonds. The lowest BCUT2D eigenvalue weighted by Crippen LogP contribution is -2.32. The molecule has 4 nitrogen and oxygen atoms in total. The van der Waals surface area contributed by atoms with E-state index in [1.54, 1.807) is 18.2 Å². The van der Waals surface area contributed by atoms with E-state index in [9.17, 15) is 9.59 Å². The van der Waals surface area contributed by atoms with E-state index in [-0.39, 0.29) is 5.78 Å². The number of allylic oxidation sites excluding steroid dienone is 3. The molecule has 24 heavy (non-hydrogen) atoms. The Labute approximate surface area is 151 Å². The van der Waals surface area contributed by atoms with Gasteiger partial charge >= 0.3 is 5.97 Å². The third-order valence-electron chi connectivity index (χ3n) is 4.44. The van der Waals surface area contributed by atoms with Crippen LogP contribution in [-0.2, 0) is 14.3 Å². The van der Waals surface area contributed by atoms with Crippen molar-refractivity contribution >= 4 is 35.0 Å². The number of halogens is 2. The Kier molecular flexibility index (Phi) is 5.41. The van der Waals surface area contributed by atoms with Crippen molar-refractivity contribution in [1.29, 1.82) is 0 Å². The quantitative estimate of drug-likeness (QED) is 0.745. The Morgan fingerprint density at radius 2 is 1.71 bits per heavy atom. The highest BCUT2D eigenvalue weighted by Crippen LogP contribution is 2.45. The zero-order valence-electron chi connectivity index (χ0n) is 14.2. The van der Waals surface area contributed by atoms with Crippen LogP contribution in [0.25, 0.3) is 0 Å². The Morgan fingerprint density at radius 3 is 2.25 bits per heavy atom. The fourth-order valence-corrected chi connectivity index (χ4v) is 3.48. The number of ether oxygens (including phenoxy) is 1. The van der Waals surface area contributed by atoms with Crippen LogP contribution in [0.1, 0.15) is 32.3 Å². The molecule has 1 aliphatic heterocycles. The van der Waals surface area contributed by atoms with Crippen molar-refractivity contribution in [3.05, 3.63) is 56.3 Å². The highest BCUT2D eigenvalue weighted by molar-refractivity contribution is 6.42. The minimum absolute atomic E-state index is 0.130. The number of benzene rings is 1. The lowest BCUT2D eigenvalue weighted by molar-refractivity contribution is -0.136. The number of carbonyl (C=O) groups is 2. The first-order chi connectivity index (χ1) is 11.2. The summed E-state index contributed by atoms with van der Waals surface area (Å²) in [6.45, 7) is 5.14. The highest BCUT2D eigenvalue weighted by Gasteiger charge is 2.38. The number of Topliss-reactive ketones (excluding diaryl/α,β-unsaturated/α-hetero) is 1. The molecule has 0 saturated carbocycles. The minimum Gasteiger partial charge on any atom is -0.466 e. The van der Waals surface area contributed by atoms with Crippen LogP contribution in [0.2, 0.25) is 10.0 Å². The van der Waals surface area contributed by atoms with E-state index in [4.69, 9.17) is 27.9 Å². The fraction of sp³-hybridized carbons (Fsp3) is 0.333. The van der Waals surface area contributed by atoms with Gasteiger partial charge in [0.1, 0.15) is 0 Å². The van der Waals surface area contributed by atoms with E-state index in [0.29, 0.717) is 32.5 Å². The SMILES string of the molecule is COC(=O)C1=C(C)N(C)C(C)=C(C(C)=O)C1c1cccc(Cl)c1Cl. The summed E-state index contributed by atoms with van der Waals surface area (Å²) < 4.78 is 4.96. The van der Waals surface area contributed by atoms with Gasteiger partial charge in [-0.1, -0.05) is 35.3 Å². The van der Waals surface area contributed by atoms with Crippen molar-refractivity contribution in [1.82, 2.24) is 4.90 Å². The van der Waals surface area contributed by atoms with E-state index in [1.165, 1.54) is 14.0 Å². The maximum Gasteiger partial charge on any atom is 0.336 e. The fourth-order valence-electron chi connectivity index (χ4n) is 3.06. The molecule has 0 fully saturated rings. The summed E-state index contributed by atoms with van der Waals surface area (Å²) >= 11 is 12.5. The zero-order valence-corrected chi connectivity index (χ0v) is 15.7. The van der Waals surface area contributed by atoms with Gasteiger partial charge in [-0.2, -0.15) is 0 Å². The third kappa shape index (κ3) is 2.96. The number of hydrogen-bond donors (Lipinski definition) is 0. The molecule has 1 aromatic carbocycles. The van der Waals surface area contributed by atoms with Crippen molar-refractivity contribution < 1.29 is 14.3 Å². The van der Waals surface area contributed by atoms with Gasteiger partial charge in [0.25, 0.3) is 0 Å². The first-order valence-corrected chi connectivity index (χ1v) is 8.16. The molecular formula is C18H19Cl2NO3. The summed E-state index contributed by atoms with van der Waals surface area (Å²) in [7, 11) is 3.13. The predicted octanol–water partition coefficient (Wildman–Crippen LogP) is 4.33. The molecule has 6 heteroatoms. The molecule has 0 radical (unpaired) electrons. The van der Waals surface area contributed by atoms with Crippen LogP contribution in [0.5, 0.6) is 0 Å². The normalized spacial score (nSPS) is 18.1. The smallest absolute Gasteiger partial charge is 0.336 e. The summed E-state index contributed by atoms with van der Waals surface area (Å²) in [6, 6.07) is 5.19. The molecular weight excluding hydrogens is 349 g/mol. The summed E-state index contributed by atoms with van der Waals surface area (Å²) in [5.41, 5.74) is 2.99. The molecule has 0 bridgehead atoms. The Morgan fingerprint density at radius 1 is 1.12 bits per heavy atom. The van der Waals surface area contributed by atoms with Crippen molar-refractivity contribution in [3.8, 4) is 0 Å². The summed E-state index contributed by atoms with van der Waals surface area (Å²) in [5, 5.41) is 0.699. The van der Waals surface area contributed by atoms with Crippen molar-refractivity contribution in [2.45, 2.75) is 26.7 Å². The second-order valence-corrected chi connectivity index (χ2v) is 6.47. The van der Waals surface area contributed by atoms with E-state index >= 15 is 0 Å². The van der Waals surface area contributed by atoms with E-state index in [2.05, 4.69) is 0 Å². The van der Waals surface area contributed by atoms with Gasteiger partial charge in [-0.15, -0.1) is 0 Å². The molecule has 1 aliphatic rings. The molecule has 1 unspecified atom stereocenters. The van der Waals surface area contributed by atoms with Gasteiger partial charge < -0.3 is 9.64 Å². The maximum atomic E-state index is 12.5. The number of methoxy groups -OCH3 is 1. The van der Waals surface area contributed by atoms with Gasteiger partial charge in [-0.3, -0.25) is 4.79 Å². The maximum absolute atomic E-state index is 12.5. The van der Waals surface area contributed by atoms with Crippen LogP contribution >= 0.6 is 23.2 Å². The summed E-state index contributed by atoms with van der Waals surface area (Å²) in [6.07, 6.45) is 0. The molecule has 128 valence electrons. The molecule has 0 aliphatic carbocycles. The van der Waals surface area contributed by atoms with Gasteiger partial charge in [0.15, 0.2) is 5.78 Å². The molecule has 0 aromatic heterocycles. The Bertz CT molecular complexity index is 780. The van der Waals surface area contributed by atoms with Crippen LogP contribution in [0, 0.1) is 0 Å². The zero-order chi connectivity index (χ0) is 18.2. The van der Waals surface area contributed by atoms with Crippen LogP contribution in [0.3, 0.4) is 0 Å². The van der Waals surface area contributed by atoms with Gasteiger partial charge in [0.05, 0.1) is 22.7 Å². The topological polar surface area (TPSA) is 46.6 Å². The first-order valence-electron chi connectivity index (χ1n) is 7.40. The molecule has 0 spiro atoms. The summed E-state index contributed by atoms with van der Waals surface area (Å²) in [5.74, 6) is -1.24. The van der Waals surface area contributed by atoms with Gasteiger partial charge in [-0.05, 0) is 32.4 Å². The number of hydrogen-bond acceptors (Lipinski definition) is 4. The first kappa shape index (κ1) is 18.6. The second-order valence-electron chi connectivity index (χ2n) is 5.68. The number of carbonyl (C=O) groups excluding carboxylic acids is 2. The van der Waals surface area contributed by atoms with Gasteiger partial charge in [0.2, 0.25) is 0 Å². The number of esters is 1. The third-order valence-corrected chi connectivity index (χ3v) is 5.27. The van der Waals surface area contributed by atoms with Crippen LogP contribution in [0.4, 0.5) is 0 Å². The molecule has 0 N–H and O–H groups in total. The largest absolute Gasteiger partial charge is 0.466 e. The van der Waals surface area contributed by atoms with Crippen molar-refractivity contribution in [2.24, 2.45) is 0 Å². The number of ketones is 1. The van der Waals surface area contributed by atoms with Crippen LogP contribution < -0.4 is 0 Å². The Balaban J connectivity index is 2.84. The number of rotatable bonds is 3. The van der Waals surface area contributed by atoms with Crippen molar-refractivity contribution in [2.75, 3.05) is 14.2 Å². The molecule has 2 rings (SSSR count). The van der Waals surface area contributed by atoms with Crippen LogP contribution in [-0.4, -0.2) is 30.8 Å². The monoisotopic (exact) mass is 367 g/mol. The highest BCUT2D eigenvalue weighted by atomic mass is 35.5. The Hall–Kier alpha value is -1.78. The standard InChI is InChI=1S/C18H19Cl2NO3/c1-9-14(11(3)22)16(12-7-6-8-13(19)17(12)20)15(18(23)24-5)10(2)21(9)4/h6-8,16H,1-5H3. The molecule has 1 heterocycles. The van der Waals surface area contributed by atoms with Gasteiger partial charge in [-0.25, -0.2) is 4.79 Å². The number of nitrogens with zero attached hydrogens (tertiary/aromatic N) is 1. The molecule has 0 saturated heterocycles. The second kappa shape index (κ2) is 6.99. The van der Waals surface area contributed by atoms with Crippen LogP contribution in [0.15, 0.2) is 40.7 Å². The lowest BCUT2D eigenvalue weighted by Gasteiger charge is -2.36. The molecule has 1 atom stereocenters. The van der Waals surface area contributed by atoms with Gasteiger partial charge in [0, 0.05) is 29.9 Å². The lowest BCUT2D eigenvalue weighted by atomic mass is 9.78. The summed E-state index contributed by atoms with van der Waals surface area (Å²) in [4.78, 5) is 26.6. The van der Waals surface area contributed by atoms with E-state index in [0.717, 1.165) is 5.70 Å². The average Bonchev–Trinajstić information content (AvgIpc) is 2.54.